The molecule has 0 amide bonds. The van der Waals surface area contributed by atoms with Crippen molar-refractivity contribution in [1.82, 2.24) is 10.2 Å². The lowest BCUT2D eigenvalue weighted by molar-refractivity contribution is -0.0374. The van der Waals surface area contributed by atoms with E-state index >= 15 is 0 Å². The summed E-state index contributed by atoms with van der Waals surface area (Å²) in [6, 6.07) is 2.90. The zero-order valence-corrected chi connectivity index (χ0v) is 8.91. The Hall–Kier alpha value is -0.120. The number of morpholine rings is 1. The molecule has 3 saturated heterocycles. The minimum Gasteiger partial charge on any atom is -0.378 e. The van der Waals surface area contributed by atoms with Crippen molar-refractivity contribution in [3.8, 4) is 0 Å². The molecule has 3 heteroatoms. The molecule has 0 saturated carbocycles. The van der Waals surface area contributed by atoms with Crippen LogP contribution in [0.5, 0.6) is 0 Å². The summed E-state index contributed by atoms with van der Waals surface area (Å²) in [6.07, 6.45) is 4.04. The Morgan fingerprint density at radius 3 is 2.43 bits per heavy atom. The van der Waals surface area contributed by atoms with E-state index in [0.29, 0.717) is 6.04 Å². The molecule has 2 bridgehead atoms. The molecule has 3 aliphatic heterocycles. The van der Waals surface area contributed by atoms with Gasteiger partial charge in [0.15, 0.2) is 0 Å². The van der Waals surface area contributed by atoms with Gasteiger partial charge in [-0.05, 0) is 32.7 Å². The van der Waals surface area contributed by atoms with Crippen LogP contribution >= 0.6 is 0 Å². The molecule has 3 nitrogen and oxygen atoms in total. The van der Waals surface area contributed by atoms with E-state index in [4.69, 9.17) is 4.74 Å². The first-order valence-electron chi connectivity index (χ1n) is 5.95. The Morgan fingerprint density at radius 1 is 1.14 bits per heavy atom. The summed E-state index contributed by atoms with van der Waals surface area (Å²) in [6.45, 7) is 5.47. The van der Waals surface area contributed by atoms with E-state index in [1.807, 2.05) is 0 Å². The van der Waals surface area contributed by atoms with Crippen molar-refractivity contribution in [2.45, 2.75) is 50.4 Å². The van der Waals surface area contributed by atoms with Crippen LogP contribution in [0.25, 0.3) is 0 Å². The molecule has 3 heterocycles. The third-order valence-electron chi connectivity index (χ3n) is 4.16. The fourth-order valence-electron chi connectivity index (χ4n) is 3.45. The summed E-state index contributed by atoms with van der Waals surface area (Å²) < 4.78 is 5.62. The highest BCUT2D eigenvalue weighted by molar-refractivity contribution is 4.99. The molecular weight excluding hydrogens is 176 g/mol. The highest BCUT2D eigenvalue weighted by Crippen LogP contribution is 2.33. The first-order chi connectivity index (χ1) is 6.86. The predicted octanol–water partition coefficient (Wildman–Crippen LogP) is 0.600. The Kier molecular flexibility index (Phi) is 2.26. The van der Waals surface area contributed by atoms with Gasteiger partial charge in [-0.2, -0.15) is 0 Å². The van der Waals surface area contributed by atoms with Gasteiger partial charge in [0.05, 0.1) is 13.2 Å². The summed E-state index contributed by atoms with van der Waals surface area (Å²) >= 11 is 0. The maximum atomic E-state index is 5.62. The summed E-state index contributed by atoms with van der Waals surface area (Å²) in [7, 11) is 0. The normalized spacial score (nSPS) is 48.6. The number of nitrogens with one attached hydrogen (secondary N) is 1. The number of fused-ring (bicyclic) bond motifs is 2. The van der Waals surface area contributed by atoms with Gasteiger partial charge in [-0.25, -0.2) is 0 Å². The van der Waals surface area contributed by atoms with Crippen molar-refractivity contribution in [3.63, 3.8) is 0 Å². The second-order valence-corrected chi connectivity index (χ2v) is 4.97. The van der Waals surface area contributed by atoms with Crippen LogP contribution in [0.15, 0.2) is 0 Å². The highest BCUT2D eigenvalue weighted by Gasteiger charge is 2.43. The average Bonchev–Trinajstić information content (AvgIpc) is 2.67. The molecule has 0 radical (unpaired) electrons. The molecule has 3 rings (SSSR count). The minimum atomic E-state index is 0.677. The quantitative estimate of drug-likeness (QED) is 0.664. The molecule has 14 heavy (non-hydrogen) atoms. The van der Waals surface area contributed by atoms with Crippen molar-refractivity contribution >= 4 is 0 Å². The smallest absolute Gasteiger partial charge is 0.0622 e. The Bertz CT molecular complexity index is 205. The molecule has 1 N–H and O–H groups in total. The molecule has 4 unspecified atom stereocenters. The third kappa shape index (κ3) is 1.30. The van der Waals surface area contributed by atoms with Crippen LogP contribution < -0.4 is 5.32 Å². The van der Waals surface area contributed by atoms with Gasteiger partial charge in [0, 0.05) is 24.2 Å². The summed E-state index contributed by atoms with van der Waals surface area (Å²) in [5.41, 5.74) is 0. The summed E-state index contributed by atoms with van der Waals surface area (Å²) in [4.78, 5) is 2.76. The van der Waals surface area contributed by atoms with Gasteiger partial charge in [0.25, 0.3) is 0 Å². The molecule has 3 aliphatic rings. The molecule has 3 fully saturated rings. The van der Waals surface area contributed by atoms with Crippen LogP contribution in [0.3, 0.4) is 0 Å². The summed E-state index contributed by atoms with van der Waals surface area (Å²) in [5.74, 6) is 0. The van der Waals surface area contributed by atoms with Crippen molar-refractivity contribution in [1.29, 1.82) is 0 Å². The fourth-order valence-corrected chi connectivity index (χ4v) is 3.45. The number of rotatable bonds is 1. The van der Waals surface area contributed by atoms with Crippen molar-refractivity contribution in [2.75, 3.05) is 19.8 Å². The van der Waals surface area contributed by atoms with E-state index in [1.165, 1.54) is 25.8 Å². The van der Waals surface area contributed by atoms with Crippen LogP contribution in [0.4, 0.5) is 0 Å². The lowest BCUT2D eigenvalue weighted by atomic mass is 10.1. The Labute approximate surface area is 85.8 Å². The first-order valence-corrected chi connectivity index (χ1v) is 5.95. The standard InChI is InChI=1S/C11H20N2O/c1-8-11(4-5-12-8)13-9-2-3-10(13)7-14-6-9/h8-12H,2-7H2,1H3. The van der Waals surface area contributed by atoms with Crippen molar-refractivity contribution < 1.29 is 4.74 Å². The SMILES string of the molecule is CC1NCCC1N1C2CCC1COC2. The predicted molar refractivity (Wildman–Crippen MR) is 55.3 cm³/mol. The number of hydrogen-bond donors (Lipinski definition) is 1. The minimum absolute atomic E-state index is 0.677. The third-order valence-corrected chi connectivity index (χ3v) is 4.16. The van der Waals surface area contributed by atoms with E-state index < -0.39 is 0 Å². The van der Waals surface area contributed by atoms with E-state index in [0.717, 1.165) is 31.3 Å². The zero-order valence-electron chi connectivity index (χ0n) is 8.91. The van der Waals surface area contributed by atoms with Crippen LogP contribution in [-0.4, -0.2) is 48.8 Å². The monoisotopic (exact) mass is 196 g/mol. The second-order valence-electron chi connectivity index (χ2n) is 4.97. The van der Waals surface area contributed by atoms with Crippen LogP contribution in [-0.2, 0) is 4.74 Å². The molecule has 0 spiro atoms. The maximum Gasteiger partial charge on any atom is 0.0622 e. The molecular formula is C11H20N2O. The first kappa shape index (κ1) is 9.13. The molecule has 0 aromatic heterocycles. The molecule has 0 aliphatic carbocycles. The number of ether oxygens (including phenoxy) is 1. The van der Waals surface area contributed by atoms with Gasteiger partial charge < -0.3 is 10.1 Å². The average molecular weight is 196 g/mol. The zero-order chi connectivity index (χ0) is 9.54. The molecule has 4 atom stereocenters. The van der Waals surface area contributed by atoms with Crippen molar-refractivity contribution in [3.05, 3.63) is 0 Å². The van der Waals surface area contributed by atoms with Gasteiger partial charge in [-0.1, -0.05) is 0 Å². The van der Waals surface area contributed by atoms with E-state index in [-0.39, 0.29) is 0 Å². The van der Waals surface area contributed by atoms with Crippen LogP contribution in [0.2, 0.25) is 0 Å². The highest BCUT2D eigenvalue weighted by atomic mass is 16.5. The van der Waals surface area contributed by atoms with Gasteiger partial charge in [-0.3, -0.25) is 4.90 Å². The Morgan fingerprint density at radius 2 is 1.86 bits per heavy atom. The topological polar surface area (TPSA) is 24.5 Å². The second kappa shape index (κ2) is 3.47. The van der Waals surface area contributed by atoms with Crippen LogP contribution in [0, 0.1) is 0 Å². The molecule has 80 valence electrons. The van der Waals surface area contributed by atoms with E-state index in [9.17, 15) is 0 Å². The summed E-state index contributed by atoms with van der Waals surface area (Å²) in [5, 5.41) is 3.55. The lowest BCUT2D eigenvalue weighted by Gasteiger charge is -2.40. The largest absolute Gasteiger partial charge is 0.378 e. The lowest BCUT2D eigenvalue weighted by Crippen LogP contribution is -2.54. The van der Waals surface area contributed by atoms with E-state index in [1.54, 1.807) is 0 Å². The molecule has 0 aromatic carbocycles. The maximum absolute atomic E-state index is 5.62. The number of hydrogen-bond acceptors (Lipinski definition) is 3. The van der Waals surface area contributed by atoms with Gasteiger partial charge >= 0.3 is 0 Å². The van der Waals surface area contributed by atoms with Gasteiger partial charge in [0.1, 0.15) is 0 Å². The van der Waals surface area contributed by atoms with Gasteiger partial charge in [-0.15, -0.1) is 0 Å². The fraction of sp³-hybridized carbons (Fsp3) is 1.00. The molecule has 0 aromatic rings. The Balaban J connectivity index is 1.77. The van der Waals surface area contributed by atoms with Gasteiger partial charge in [0.2, 0.25) is 0 Å². The van der Waals surface area contributed by atoms with Crippen LogP contribution in [0.1, 0.15) is 26.2 Å². The van der Waals surface area contributed by atoms with E-state index in [2.05, 4.69) is 17.1 Å². The van der Waals surface area contributed by atoms with Crippen molar-refractivity contribution in [2.24, 2.45) is 0 Å². The number of nitrogens with zero attached hydrogens (tertiary/aromatic N) is 1.